The van der Waals surface area contributed by atoms with Crippen LogP contribution in [0.15, 0.2) is 60.5 Å². The summed E-state index contributed by atoms with van der Waals surface area (Å²) in [4.78, 5) is 0. The first-order valence-electron chi connectivity index (χ1n) is 5.74. The molecule has 0 aromatic rings. The van der Waals surface area contributed by atoms with Crippen LogP contribution in [0.5, 0.6) is 0 Å². The van der Waals surface area contributed by atoms with Gasteiger partial charge in [0.1, 0.15) is 24.0 Å². The molecule has 0 saturated carbocycles. The molecule has 4 nitrogen and oxygen atoms in total. The fourth-order valence-corrected chi connectivity index (χ4v) is 1.37. The van der Waals surface area contributed by atoms with E-state index in [1.807, 2.05) is 0 Å². The smallest absolute Gasteiger partial charge is 0.148 e. The number of nitrogens with two attached hydrogens (primary N) is 1. The second kappa shape index (κ2) is 8.23. The number of rotatable bonds is 6. The van der Waals surface area contributed by atoms with E-state index in [1.165, 1.54) is 24.6 Å². The molecule has 19 heavy (non-hydrogen) atoms. The van der Waals surface area contributed by atoms with Gasteiger partial charge in [-0.3, -0.25) is 5.84 Å². The lowest BCUT2D eigenvalue weighted by Crippen LogP contribution is -2.31. The summed E-state index contributed by atoms with van der Waals surface area (Å²) in [6, 6.07) is 0. The van der Waals surface area contributed by atoms with Crippen LogP contribution in [-0.2, 0) is 4.74 Å². The molecule has 2 unspecified atom stereocenters. The molecule has 0 amide bonds. The molecule has 0 aliphatic heterocycles. The van der Waals surface area contributed by atoms with Crippen molar-refractivity contribution >= 4 is 0 Å². The Hall–Kier alpha value is -1.92. The Kier molecular flexibility index (Phi) is 6.56. The first-order chi connectivity index (χ1) is 9.17. The summed E-state index contributed by atoms with van der Waals surface area (Å²) in [6.07, 6.45) is 9.34. The van der Waals surface area contributed by atoms with Crippen molar-refractivity contribution in [3.05, 3.63) is 60.5 Å². The average molecular weight is 269 g/mol. The number of nitrogens with one attached hydrogen (secondary N) is 2. The van der Waals surface area contributed by atoms with Crippen LogP contribution in [0.4, 0.5) is 8.78 Å². The van der Waals surface area contributed by atoms with Gasteiger partial charge in [0.25, 0.3) is 0 Å². The van der Waals surface area contributed by atoms with Crippen molar-refractivity contribution in [2.24, 2.45) is 5.84 Å². The lowest BCUT2D eigenvalue weighted by Gasteiger charge is -2.19. The fraction of sp³-hybridized carbons (Fsp3) is 0.231. The zero-order valence-corrected chi connectivity index (χ0v) is 10.5. The Bertz CT molecular complexity index is 428. The van der Waals surface area contributed by atoms with Gasteiger partial charge in [-0.25, -0.2) is 8.78 Å². The highest BCUT2D eigenvalue weighted by molar-refractivity contribution is 5.28. The van der Waals surface area contributed by atoms with Crippen molar-refractivity contribution in [1.82, 2.24) is 10.7 Å². The second-order valence-corrected chi connectivity index (χ2v) is 3.63. The average Bonchev–Trinajstić information content (AvgIpc) is 2.52. The monoisotopic (exact) mass is 269 g/mol. The predicted molar refractivity (Wildman–Crippen MR) is 70.6 cm³/mol. The molecular weight excluding hydrogens is 252 g/mol. The van der Waals surface area contributed by atoms with Gasteiger partial charge in [0, 0.05) is 12.4 Å². The summed E-state index contributed by atoms with van der Waals surface area (Å²) in [7, 11) is 0. The van der Waals surface area contributed by atoms with Gasteiger partial charge in [-0.15, -0.1) is 0 Å². The summed E-state index contributed by atoms with van der Waals surface area (Å²) in [5.74, 6) is 3.94. The van der Waals surface area contributed by atoms with Crippen molar-refractivity contribution in [1.29, 1.82) is 0 Å². The van der Waals surface area contributed by atoms with Crippen LogP contribution >= 0.6 is 0 Å². The van der Waals surface area contributed by atoms with Gasteiger partial charge >= 0.3 is 0 Å². The maximum Gasteiger partial charge on any atom is 0.148 e. The van der Waals surface area contributed by atoms with Gasteiger partial charge in [0.15, 0.2) is 0 Å². The van der Waals surface area contributed by atoms with Gasteiger partial charge < -0.3 is 15.5 Å². The molecule has 0 radical (unpaired) electrons. The summed E-state index contributed by atoms with van der Waals surface area (Å²) in [5, 5.41) is 2.83. The molecular formula is C13H17F2N3O. The minimum atomic E-state index is -1.08. The Morgan fingerprint density at radius 2 is 2.21 bits per heavy atom. The van der Waals surface area contributed by atoms with Crippen LogP contribution < -0.4 is 16.6 Å². The van der Waals surface area contributed by atoms with E-state index in [2.05, 4.69) is 10.7 Å². The van der Waals surface area contributed by atoms with Gasteiger partial charge in [-0.05, 0) is 31.2 Å². The summed E-state index contributed by atoms with van der Waals surface area (Å²) < 4.78 is 32.3. The Morgan fingerprint density at radius 3 is 2.89 bits per heavy atom. The first-order valence-corrected chi connectivity index (χ1v) is 5.74. The number of ether oxygens (including phenoxy) is 1. The highest BCUT2D eigenvalue weighted by Crippen LogP contribution is 2.18. The number of halogens is 2. The Morgan fingerprint density at radius 1 is 1.42 bits per heavy atom. The van der Waals surface area contributed by atoms with Crippen LogP contribution in [0, 0.1) is 0 Å². The molecule has 1 aliphatic rings. The van der Waals surface area contributed by atoms with E-state index < -0.39 is 24.0 Å². The van der Waals surface area contributed by atoms with E-state index in [9.17, 15) is 8.78 Å². The van der Waals surface area contributed by atoms with Crippen molar-refractivity contribution < 1.29 is 13.5 Å². The lowest BCUT2D eigenvalue weighted by atomic mass is 10.3. The number of hydrogen-bond donors (Lipinski definition) is 3. The molecule has 0 heterocycles. The minimum absolute atomic E-state index is 0.549. The minimum Gasteiger partial charge on any atom is -0.362 e. The van der Waals surface area contributed by atoms with Crippen LogP contribution in [0.2, 0.25) is 0 Å². The number of hydrogen-bond acceptors (Lipinski definition) is 4. The molecule has 1 aliphatic carbocycles. The van der Waals surface area contributed by atoms with Crippen LogP contribution in [0.1, 0.15) is 6.92 Å². The van der Waals surface area contributed by atoms with Gasteiger partial charge in [0.2, 0.25) is 0 Å². The van der Waals surface area contributed by atoms with Crippen LogP contribution in [0.25, 0.3) is 0 Å². The number of allylic oxidation sites excluding steroid dienone is 5. The van der Waals surface area contributed by atoms with Gasteiger partial charge in [-0.2, -0.15) is 0 Å². The topological polar surface area (TPSA) is 59.3 Å². The molecule has 0 bridgehead atoms. The highest BCUT2D eigenvalue weighted by atomic mass is 19.1. The summed E-state index contributed by atoms with van der Waals surface area (Å²) in [5.41, 5.74) is 2.30. The quantitative estimate of drug-likeness (QED) is 0.299. The first kappa shape index (κ1) is 15.1. The van der Waals surface area contributed by atoms with Gasteiger partial charge in [-0.1, -0.05) is 12.2 Å². The van der Waals surface area contributed by atoms with E-state index in [-0.39, 0.29) is 0 Å². The molecule has 0 fully saturated rings. The van der Waals surface area contributed by atoms with Gasteiger partial charge in [0.05, 0.1) is 0 Å². The highest BCUT2D eigenvalue weighted by Gasteiger charge is 2.18. The molecule has 104 valence electrons. The SMILES string of the molecule is C/C=C/C(N/C=C/NN)OC1C=C(F)C=CC=C1F. The normalized spacial score (nSPS) is 21.2. The van der Waals surface area contributed by atoms with Crippen molar-refractivity contribution in [2.45, 2.75) is 19.3 Å². The van der Waals surface area contributed by atoms with Crippen LogP contribution in [-0.4, -0.2) is 12.3 Å². The molecule has 2 atom stereocenters. The fourth-order valence-electron chi connectivity index (χ4n) is 1.37. The molecule has 0 aromatic carbocycles. The predicted octanol–water partition coefficient (Wildman–Crippen LogP) is 2.07. The van der Waals surface area contributed by atoms with Crippen molar-refractivity contribution in [3.8, 4) is 0 Å². The van der Waals surface area contributed by atoms with E-state index >= 15 is 0 Å². The lowest BCUT2D eigenvalue weighted by molar-refractivity contribution is 0.0370. The third-order valence-electron chi connectivity index (χ3n) is 2.19. The second-order valence-electron chi connectivity index (χ2n) is 3.63. The van der Waals surface area contributed by atoms with Crippen LogP contribution in [0.3, 0.4) is 0 Å². The maximum absolute atomic E-state index is 13.6. The molecule has 0 aromatic heterocycles. The zero-order chi connectivity index (χ0) is 14.1. The Balaban J connectivity index is 2.72. The van der Waals surface area contributed by atoms with E-state index in [0.29, 0.717) is 0 Å². The zero-order valence-electron chi connectivity index (χ0n) is 10.5. The van der Waals surface area contributed by atoms with Crippen molar-refractivity contribution in [3.63, 3.8) is 0 Å². The molecule has 1 rings (SSSR count). The largest absolute Gasteiger partial charge is 0.362 e. The maximum atomic E-state index is 13.6. The third-order valence-corrected chi connectivity index (χ3v) is 2.19. The van der Waals surface area contributed by atoms with E-state index in [4.69, 9.17) is 10.6 Å². The molecule has 0 saturated heterocycles. The van der Waals surface area contributed by atoms with Crippen molar-refractivity contribution in [2.75, 3.05) is 0 Å². The molecule has 4 N–H and O–H groups in total. The van der Waals surface area contributed by atoms with E-state index in [0.717, 1.165) is 12.2 Å². The summed E-state index contributed by atoms with van der Waals surface area (Å²) in [6.45, 7) is 1.79. The molecule has 6 heteroatoms. The van der Waals surface area contributed by atoms with E-state index in [1.54, 1.807) is 19.1 Å². The third kappa shape index (κ3) is 5.50. The standard InChI is InChI=1S/C13H17F2N3O/c1-2-4-13(17-7-8-18-16)19-12-9-10(14)5-3-6-11(12)15/h2-9,12-13,17-18H,16H2,1H3/b4-2+,8-7+. The Labute approximate surface area is 111 Å². The molecule has 0 spiro atoms. The number of hydrazine groups is 1. The summed E-state index contributed by atoms with van der Waals surface area (Å²) >= 11 is 0.